The minimum absolute atomic E-state index is 0.330. The van der Waals surface area contributed by atoms with Gasteiger partial charge in [0.15, 0.2) is 0 Å². The zero-order chi connectivity index (χ0) is 15.4. The number of aryl methyl sites for hydroxylation is 1. The minimum atomic E-state index is -4.82. The second kappa shape index (κ2) is 6.61. The molecule has 0 aliphatic heterocycles. The van der Waals surface area contributed by atoms with E-state index in [4.69, 9.17) is 9.11 Å². The maximum absolute atomic E-state index is 10.8. The van der Waals surface area contributed by atoms with E-state index >= 15 is 0 Å². The van der Waals surface area contributed by atoms with Crippen LogP contribution in [0.1, 0.15) is 24.2 Å². The summed E-state index contributed by atoms with van der Waals surface area (Å²) in [6.45, 7) is 1.00. The van der Waals surface area contributed by atoms with Crippen LogP contribution in [0, 0.1) is 0 Å². The van der Waals surface area contributed by atoms with Crippen LogP contribution in [0.4, 0.5) is 0 Å². The predicted octanol–water partition coefficient (Wildman–Crippen LogP) is 0.929. The van der Waals surface area contributed by atoms with Gasteiger partial charge in [0.2, 0.25) is 0 Å². The molecule has 0 spiro atoms. The van der Waals surface area contributed by atoms with Crippen LogP contribution in [-0.2, 0) is 35.6 Å². The third-order valence-corrected chi connectivity index (χ3v) is 3.30. The van der Waals surface area contributed by atoms with Gasteiger partial charge in [-0.3, -0.25) is 9.11 Å². The Morgan fingerprint density at radius 2 is 1.70 bits per heavy atom. The SMILES string of the molecule is CCc1ccccc1C(COS(=O)(=O)O)OS(=O)(=O)O. The van der Waals surface area contributed by atoms with Gasteiger partial charge in [-0.2, -0.15) is 16.8 Å². The van der Waals surface area contributed by atoms with E-state index in [-0.39, 0.29) is 0 Å². The van der Waals surface area contributed by atoms with Gasteiger partial charge in [-0.1, -0.05) is 31.2 Å². The normalized spacial score (nSPS) is 14.2. The number of hydrogen-bond acceptors (Lipinski definition) is 6. The molecule has 1 unspecified atom stereocenters. The van der Waals surface area contributed by atoms with E-state index in [1.165, 1.54) is 6.07 Å². The van der Waals surface area contributed by atoms with Crippen LogP contribution < -0.4 is 0 Å². The molecule has 0 saturated carbocycles. The second-order valence-corrected chi connectivity index (χ2v) is 5.92. The Kier molecular flexibility index (Phi) is 5.62. The molecule has 0 bridgehead atoms. The Morgan fingerprint density at radius 3 is 2.20 bits per heavy atom. The van der Waals surface area contributed by atoms with Crippen molar-refractivity contribution in [1.82, 2.24) is 0 Å². The molecule has 2 N–H and O–H groups in total. The number of hydrogen-bond donors (Lipinski definition) is 2. The third-order valence-electron chi connectivity index (χ3n) is 2.39. The lowest BCUT2D eigenvalue weighted by Gasteiger charge is -2.17. The van der Waals surface area contributed by atoms with Gasteiger partial charge in [-0.15, -0.1) is 0 Å². The Hall–Kier alpha value is -1.04. The van der Waals surface area contributed by atoms with Gasteiger partial charge in [0.05, 0.1) is 0 Å². The molecule has 1 aromatic carbocycles. The topological polar surface area (TPSA) is 127 Å². The van der Waals surface area contributed by atoms with E-state index in [1.54, 1.807) is 25.1 Å². The standard InChI is InChI=1S/C10H14O8S2/c1-2-8-5-3-4-6-9(8)10(18-20(14,15)16)7-17-19(11,12)13/h3-6,10H,2,7H2,1H3,(H,11,12,13)(H,14,15,16). The van der Waals surface area contributed by atoms with Crippen molar-refractivity contribution < 1.29 is 34.3 Å². The summed E-state index contributed by atoms with van der Waals surface area (Å²) in [6.07, 6.45) is -0.879. The highest BCUT2D eigenvalue weighted by Gasteiger charge is 2.24. The van der Waals surface area contributed by atoms with Crippen molar-refractivity contribution in [2.75, 3.05) is 6.61 Å². The van der Waals surface area contributed by atoms with Crippen LogP contribution in [0.5, 0.6) is 0 Å². The molecule has 0 heterocycles. The molecule has 1 rings (SSSR count). The molecule has 8 nitrogen and oxygen atoms in total. The van der Waals surface area contributed by atoms with Crippen molar-refractivity contribution in [2.24, 2.45) is 0 Å². The molecule has 0 amide bonds. The highest BCUT2D eigenvalue weighted by Crippen LogP contribution is 2.24. The van der Waals surface area contributed by atoms with Crippen molar-refractivity contribution >= 4 is 20.8 Å². The van der Waals surface area contributed by atoms with E-state index in [0.717, 1.165) is 0 Å². The zero-order valence-electron chi connectivity index (χ0n) is 10.5. The fourth-order valence-corrected chi connectivity index (χ4v) is 2.38. The monoisotopic (exact) mass is 326 g/mol. The van der Waals surface area contributed by atoms with Gasteiger partial charge in [0.25, 0.3) is 0 Å². The maximum atomic E-state index is 10.8. The van der Waals surface area contributed by atoms with Crippen molar-refractivity contribution in [3.63, 3.8) is 0 Å². The average molecular weight is 326 g/mol. The molecule has 1 aromatic rings. The zero-order valence-corrected chi connectivity index (χ0v) is 12.1. The molecule has 10 heteroatoms. The number of rotatable bonds is 7. The fourth-order valence-electron chi connectivity index (χ4n) is 1.63. The molecule has 0 fully saturated rings. The Morgan fingerprint density at radius 1 is 1.10 bits per heavy atom. The molecule has 0 aliphatic rings. The van der Waals surface area contributed by atoms with Gasteiger partial charge >= 0.3 is 20.8 Å². The highest BCUT2D eigenvalue weighted by atomic mass is 32.3. The first kappa shape index (κ1) is 17.0. The van der Waals surface area contributed by atoms with E-state index in [9.17, 15) is 16.8 Å². The number of benzene rings is 1. The Balaban J connectivity index is 3.09. The second-order valence-electron chi connectivity index (χ2n) is 3.78. The van der Waals surface area contributed by atoms with Crippen molar-refractivity contribution in [3.8, 4) is 0 Å². The Labute approximate surface area is 117 Å². The molecule has 20 heavy (non-hydrogen) atoms. The van der Waals surface area contributed by atoms with E-state index in [0.29, 0.717) is 17.5 Å². The third kappa shape index (κ3) is 5.94. The summed E-state index contributed by atoms with van der Waals surface area (Å²) < 4.78 is 68.5. The lowest BCUT2D eigenvalue weighted by Crippen LogP contribution is -2.19. The molecule has 114 valence electrons. The first-order valence-electron chi connectivity index (χ1n) is 5.47. The Bertz CT molecular complexity index is 650. The van der Waals surface area contributed by atoms with Gasteiger partial charge in [-0.25, -0.2) is 8.37 Å². The van der Waals surface area contributed by atoms with E-state index in [2.05, 4.69) is 8.37 Å². The minimum Gasteiger partial charge on any atom is -0.264 e. The summed E-state index contributed by atoms with van der Waals surface area (Å²) in [6, 6.07) is 6.48. The summed E-state index contributed by atoms with van der Waals surface area (Å²) in [5, 5.41) is 0. The molecule has 0 aliphatic carbocycles. The summed E-state index contributed by atoms with van der Waals surface area (Å²) >= 11 is 0. The maximum Gasteiger partial charge on any atom is 0.398 e. The molecule has 0 saturated heterocycles. The lowest BCUT2D eigenvalue weighted by atomic mass is 10.0. The predicted molar refractivity (Wildman–Crippen MR) is 68.7 cm³/mol. The van der Waals surface area contributed by atoms with Crippen LogP contribution in [0.15, 0.2) is 24.3 Å². The molecule has 0 aromatic heterocycles. The first-order chi connectivity index (χ1) is 9.12. The fraction of sp³-hybridized carbons (Fsp3) is 0.400. The van der Waals surface area contributed by atoms with Crippen LogP contribution >= 0.6 is 0 Å². The largest absolute Gasteiger partial charge is 0.398 e. The van der Waals surface area contributed by atoms with Gasteiger partial charge in [0, 0.05) is 0 Å². The lowest BCUT2D eigenvalue weighted by molar-refractivity contribution is 0.114. The summed E-state index contributed by atoms with van der Waals surface area (Å²) in [5.74, 6) is 0. The van der Waals surface area contributed by atoms with Crippen LogP contribution in [-0.4, -0.2) is 32.5 Å². The molecular formula is C10H14O8S2. The summed E-state index contributed by atoms with van der Waals surface area (Å²) in [4.78, 5) is 0. The molecular weight excluding hydrogens is 312 g/mol. The smallest absolute Gasteiger partial charge is 0.264 e. The first-order valence-corrected chi connectivity index (χ1v) is 8.20. The van der Waals surface area contributed by atoms with E-state index < -0.39 is 33.5 Å². The average Bonchev–Trinajstić information content (AvgIpc) is 2.32. The van der Waals surface area contributed by atoms with Crippen molar-refractivity contribution in [2.45, 2.75) is 19.4 Å². The molecule has 1 atom stereocenters. The van der Waals surface area contributed by atoms with E-state index in [1.807, 2.05) is 0 Å². The van der Waals surface area contributed by atoms with Crippen molar-refractivity contribution in [1.29, 1.82) is 0 Å². The summed E-state index contributed by atoms with van der Waals surface area (Å²) in [7, 11) is -9.58. The highest BCUT2D eigenvalue weighted by molar-refractivity contribution is 7.81. The summed E-state index contributed by atoms with van der Waals surface area (Å²) in [5.41, 5.74) is 1.01. The van der Waals surface area contributed by atoms with Crippen LogP contribution in [0.25, 0.3) is 0 Å². The van der Waals surface area contributed by atoms with Gasteiger partial charge in [-0.05, 0) is 17.5 Å². The van der Waals surface area contributed by atoms with Crippen molar-refractivity contribution in [3.05, 3.63) is 35.4 Å². The molecule has 0 radical (unpaired) electrons. The van der Waals surface area contributed by atoms with Gasteiger partial charge < -0.3 is 0 Å². The van der Waals surface area contributed by atoms with Gasteiger partial charge in [0.1, 0.15) is 12.7 Å². The van der Waals surface area contributed by atoms with Crippen LogP contribution in [0.3, 0.4) is 0 Å². The van der Waals surface area contributed by atoms with Crippen LogP contribution in [0.2, 0.25) is 0 Å². The quantitative estimate of drug-likeness (QED) is 0.708.